The Morgan fingerprint density at radius 3 is 0.522 bits per heavy atom. The van der Waals surface area contributed by atoms with Crippen LogP contribution in [0.4, 0.5) is 0 Å². The van der Waals surface area contributed by atoms with Crippen molar-refractivity contribution in [1.82, 2.24) is 12.3 Å². The summed E-state index contributed by atoms with van der Waals surface area (Å²) < 4.78 is 0. The molecule has 0 fully saturated rings. The third-order valence-electron chi connectivity index (χ3n) is 0. The minimum atomic E-state index is 0. The van der Waals surface area contributed by atoms with Gasteiger partial charge in [-0.25, -0.2) is 0 Å². The third-order valence-corrected chi connectivity index (χ3v) is 0. The Balaban J connectivity index is -0.00000000116. The Kier molecular flexibility index (Phi) is 710000. The van der Waals surface area contributed by atoms with Gasteiger partial charge in [0.1, 0.15) is 0 Å². The lowest BCUT2D eigenvalue weighted by molar-refractivity contribution is -0.191. The molecule has 0 aliphatic heterocycles. The second-order valence-corrected chi connectivity index (χ2v) is 0.0833. The first kappa shape index (κ1) is 441. The summed E-state index contributed by atoms with van der Waals surface area (Å²) in [6, 6.07) is 0. The summed E-state index contributed by atoms with van der Waals surface area (Å²) in [4.78, 5) is 30.2. The average Bonchev–Trinajstić information content (AvgIpc) is 2.18. The quantitative estimate of drug-likeness (QED) is 0.216. The van der Waals surface area contributed by atoms with Crippen molar-refractivity contribution in [3.8, 4) is 0 Å². The third kappa shape index (κ3) is 3310. The minimum absolute atomic E-state index is 0. The highest BCUT2D eigenvalue weighted by atomic mass is 17.0. The molecule has 23 heavy (non-hydrogen) atoms. The molecule has 0 spiro atoms. The molecule has 0 atom stereocenters. The Labute approximate surface area is 139 Å². The topological polar surface area (TPSA) is 365 Å². The van der Waals surface area contributed by atoms with Crippen molar-refractivity contribution in [2.45, 2.75) is 44.6 Å². The Hall–Kier alpha value is -1.46. The molecular weight excluding hydrogens is 332 g/mol. The molecule has 15 heteroatoms. The van der Waals surface area contributed by atoms with Gasteiger partial charge in [0, 0.05) is 17.0 Å². The molecule has 0 unspecified atom stereocenters. The van der Waals surface area contributed by atoms with Crippen LogP contribution in [0.5, 0.6) is 0 Å². The van der Waals surface area contributed by atoms with Gasteiger partial charge in [-0.05, 0) is 0 Å². The molecule has 0 saturated carbocycles. The molecule has 0 radical (unpaired) electrons. The number of carbonyl (C=O) groups excluding carboxylic acids is 2. The van der Waals surface area contributed by atoms with E-state index >= 15 is 0 Å². The van der Waals surface area contributed by atoms with E-state index in [1.54, 1.807) is 0 Å². The molecule has 0 rings (SSSR count). The Morgan fingerprint density at radius 2 is 0.522 bits per heavy atom. The van der Waals surface area contributed by atoms with Crippen molar-refractivity contribution in [2.24, 2.45) is 0 Å². The van der Waals surface area contributed by atoms with Crippen LogP contribution in [-0.2, 0) is 9.59 Å². The van der Waals surface area contributed by atoms with Crippen LogP contribution in [0.3, 0.4) is 0 Å². The molecule has 0 aliphatic carbocycles. The molecule has 166 valence electrons. The van der Waals surface area contributed by atoms with Gasteiger partial charge in [0.15, 0.2) is 0 Å². The van der Waals surface area contributed by atoms with Crippen LogP contribution in [0.1, 0.15) is 44.6 Å². The summed E-state index contributed by atoms with van der Waals surface area (Å²) in [5.41, 5.74) is 0. The van der Waals surface area contributed by atoms with Crippen LogP contribution in [0.15, 0.2) is 0 Å². The molecule has 15 nitrogen and oxygen atoms in total. The first-order valence-corrected chi connectivity index (χ1v) is 1.42. The number of rotatable bonds is 0. The van der Waals surface area contributed by atoms with Crippen LogP contribution < -0.4 is 12.3 Å². The number of hydrogen-bond acceptors (Lipinski definition) is 11. The van der Waals surface area contributed by atoms with Crippen molar-refractivity contribution in [3.05, 3.63) is 9.93 Å². The molecule has 0 bridgehead atoms. The zero-order valence-electron chi connectivity index (χ0n) is 8.78. The van der Waals surface area contributed by atoms with Gasteiger partial charge in [-0.1, -0.05) is 44.6 Å². The molecule has 0 aliphatic rings. The van der Waals surface area contributed by atoms with Crippen molar-refractivity contribution in [3.63, 3.8) is 0 Å². The minimum Gasteiger partial charge on any atom is -0.412 e. The molecular formula is C8H46N2O13. The molecule has 19 N–H and O–H groups in total. The first-order valence-electron chi connectivity index (χ1n) is 1.42. The van der Waals surface area contributed by atoms with E-state index in [2.05, 4.69) is 0 Å². The van der Waals surface area contributed by atoms with Crippen LogP contribution in [0.25, 0.3) is 0 Å². The highest BCUT2D eigenvalue weighted by Gasteiger charge is 1.13. The van der Waals surface area contributed by atoms with Crippen molar-refractivity contribution in [1.29, 1.82) is 0 Å². The van der Waals surface area contributed by atoms with E-state index in [9.17, 15) is 0 Å². The summed E-state index contributed by atoms with van der Waals surface area (Å²) in [5, 5.41) is 31.0. The Morgan fingerprint density at radius 1 is 0.522 bits per heavy atom. The van der Waals surface area contributed by atoms with Gasteiger partial charge in [-0.3, -0.25) is 21.0 Å². The number of hydrogen-bond donors (Lipinski definition) is 7. The summed E-state index contributed by atoms with van der Waals surface area (Å²) in [6.45, 7) is 0. The highest BCUT2D eigenvalue weighted by Crippen LogP contribution is 0.788. The van der Waals surface area contributed by atoms with Gasteiger partial charge >= 0.3 is 6.15 Å². The predicted molar refractivity (Wildman–Crippen MR) is 95.3 cm³/mol. The number of aliphatic hydroxyl groups excluding tert-OH is 1. The fourth-order valence-corrected chi connectivity index (χ4v) is 0. The lowest BCUT2D eigenvalue weighted by Crippen LogP contribution is -1.29. The Bertz CT molecular complexity index is 59.2. The fraction of sp³-hybridized carbons (Fsp3) is 0.875. The van der Waals surface area contributed by atoms with Crippen LogP contribution in [-0.4, -0.2) is 61.3 Å². The first-order chi connectivity index (χ1) is 5.41. The van der Waals surface area contributed by atoms with Crippen LogP contribution in [0, 0.1) is 9.93 Å². The highest BCUT2D eigenvalue weighted by molar-refractivity contribution is 5.20. The standard InChI is InChI=1S/CO2.CH4O.6CH4.2H3N.2H2O2.O2.4H2O/c2-1-3;1-2;;;;;;;;;3*1-2;;;;/h;2H,1H3;6*1H4;2*1H3;2*1-2H;;4*1H2. The lowest BCUT2D eigenvalue weighted by Gasteiger charge is -1.25. The van der Waals surface area contributed by atoms with Crippen LogP contribution in [0.2, 0.25) is 0 Å². The van der Waals surface area contributed by atoms with Crippen molar-refractivity contribution < 1.29 is 57.6 Å². The van der Waals surface area contributed by atoms with E-state index in [1.807, 2.05) is 0 Å². The SMILES string of the molecule is C.C.C.C.C.C.CO.N.N.O.O.O.O.O=C=O.O=O.OO.OO. The zero-order valence-corrected chi connectivity index (χ0v) is 8.78. The maximum absolute atomic E-state index is 8.12. The van der Waals surface area contributed by atoms with Gasteiger partial charge in [0.25, 0.3) is 0 Å². The van der Waals surface area contributed by atoms with Gasteiger partial charge in [0.2, 0.25) is 0 Å². The molecule has 0 saturated heterocycles. The fourth-order valence-electron chi connectivity index (χ4n) is 0. The van der Waals surface area contributed by atoms with Gasteiger partial charge < -0.3 is 39.3 Å². The number of aliphatic hydroxyl groups is 1. The molecule has 0 aromatic heterocycles. The van der Waals surface area contributed by atoms with E-state index in [4.69, 9.17) is 45.7 Å². The molecule has 0 amide bonds. The predicted octanol–water partition coefficient (Wildman–Crippen LogP) is -0.0314. The average molecular weight is 378 g/mol. The van der Waals surface area contributed by atoms with Gasteiger partial charge in [-0.15, -0.1) is 0 Å². The zero-order chi connectivity index (χ0) is 10.7. The van der Waals surface area contributed by atoms with Gasteiger partial charge in [-0.2, -0.15) is 9.59 Å². The van der Waals surface area contributed by atoms with Crippen molar-refractivity contribution in [2.75, 3.05) is 7.11 Å². The monoisotopic (exact) mass is 378 g/mol. The maximum atomic E-state index is 8.12. The van der Waals surface area contributed by atoms with Gasteiger partial charge in [0.05, 0.1) is 0 Å². The second-order valence-electron chi connectivity index (χ2n) is 0.0833. The largest absolute Gasteiger partial charge is 0.412 e. The normalized spacial score (nSPS) is 1.30. The van der Waals surface area contributed by atoms with E-state index in [-0.39, 0.29) is 84.9 Å². The molecule has 0 aromatic carbocycles. The molecule has 0 aromatic rings. The summed E-state index contributed by atoms with van der Waals surface area (Å²) >= 11 is 0. The smallest absolute Gasteiger partial charge is 0.373 e. The summed E-state index contributed by atoms with van der Waals surface area (Å²) in [6.07, 6.45) is 0.250. The summed E-state index contributed by atoms with van der Waals surface area (Å²) in [7, 11) is 1.00. The second kappa shape index (κ2) is 37100. The van der Waals surface area contributed by atoms with Crippen LogP contribution >= 0.6 is 0 Å². The summed E-state index contributed by atoms with van der Waals surface area (Å²) in [5.74, 6) is 0. The lowest BCUT2D eigenvalue weighted by atomic mass is 11.8. The van der Waals surface area contributed by atoms with E-state index in [1.165, 1.54) is 0 Å². The van der Waals surface area contributed by atoms with Crippen molar-refractivity contribution >= 4 is 6.15 Å². The van der Waals surface area contributed by atoms with E-state index < -0.39 is 0 Å². The maximum Gasteiger partial charge on any atom is 0.373 e. The van der Waals surface area contributed by atoms with E-state index in [0.29, 0.717) is 0 Å². The van der Waals surface area contributed by atoms with E-state index in [0.717, 1.165) is 7.11 Å². The molecule has 0 heterocycles.